The Morgan fingerprint density at radius 1 is 1.43 bits per heavy atom. The minimum absolute atomic E-state index is 0.246. The molecule has 0 aliphatic carbocycles. The summed E-state index contributed by atoms with van der Waals surface area (Å²) < 4.78 is 10.4. The molecule has 76 valence electrons. The maximum atomic E-state index is 9.04. The Bertz CT molecular complexity index is 327. The molecular formula is C9H11NO4. The van der Waals surface area contributed by atoms with E-state index < -0.39 is 5.60 Å². The second-order valence-electron chi connectivity index (χ2n) is 3.20. The number of hydrogen-bond acceptors (Lipinski definition) is 5. The standard InChI is InChI=1S/C9H11NO4/c11-5-9(6-12)4-10-8(14-9)7-2-1-3-13-7/h1-3,11-12H,4-6H2. The van der Waals surface area contributed by atoms with Crippen molar-refractivity contribution in [3.8, 4) is 0 Å². The Hall–Kier alpha value is -1.33. The highest BCUT2D eigenvalue weighted by molar-refractivity contribution is 5.92. The van der Waals surface area contributed by atoms with Gasteiger partial charge in [0.05, 0.1) is 26.0 Å². The predicted molar refractivity (Wildman–Crippen MR) is 48.1 cm³/mol. The summed E-state index contributed by atoms with van der Waals surface area (Å²) in [6.45, 7) is -0.287. The van der Waals surface area contributed by atoms with Crippen LogP contribution < -0.4 is 0 Å². The highest BCUT2D eigenvalue weighted by Crippen LogP contribution is 2.21. The normalized spacial score (nSPS) is 19.1. The molecule has 0 unspecified atom stereocenters. The second kappa shape index (κ2) is 3.43. The molecule has 0 spiro atoms. The molecule has 1 aromatic rings. The van der Waals surface area contributed by atoms with Crippen LogP contribution in [-0.2, 0) is 4.74 Å². The molecule has 0 aromatic carbocycles. The average Bonchev–Trinajstić information content (AvgIpc) is 2.87. The summed E-state index contributed by atoms with van der Waals surface area (Å²) >= 11 is 0. The van der Waals surface area contributed by atoms with Crippen LogP contribution in [0.2, 0.25) is 0 Å². The number of aliphatic hydroxyl groups is 2. The van der Waals surface area contributed by atoms with Crippen molar-refractivity contribution in [2.24, 2.45) is 4.99 Å². The first-order chi connectivity index (χ1) is 6.79. The van der Waals surface area contributed by atoms with Crippen LogP contribution in [0.3, 0.4) is 0 Å². The van der Waals surface area contributed by atoms with Crippen molar-refractivity contribution < 1.29 is 19.4 Å². The third kappa shape index (κ3) is 1.40. The molecule has 2 heterocycles. The minimum Gasteiger partial charge on any atom is -0.462 e. The second-order valence-corrected chi connectivity index (χ2v) is 3.20. The molecule has 0 saturated heterocycles. The number of ether oxygens (including phenoxy) is 1. The van der Waals surface area contributed by atoms with E-state index in [1.54, 1.807) is 12.1 Å². The lowest BCUT2D eigenvalue weighted by atomic mass is 10.1. The quantitative estimate of drug-likeness (QED) is 0.702. The SMILES string of the molecule is OCC1(CO)CN=C(c2ccco2)O1. The van der Waals surface area contributed by atoms with E-state index in [1.165, 1.54) is 6.26 Å². The molecule has 0 atom stereocenters. The van der Waals surface area contributed by atoms with Crippen molar-refractivity contribution >= 4 is 5.90 Å². The van der Waals surface area contributed by atoms with Crippen molar-refractivity contribution in [3.05, 3.63) is 24.2 Å². The molecule has 0 bridgehead atoms. The van der Waals surface area contributed by atoms with Crippen LogP contribution in [-0.4, -0.2) is 41.5 Å². The lowest BCUT2D eigenvalue weighted by Crippen LogP contribution is -2.41. The summed E-state index contributed by atoms with van der Waals surface area (Å²) in [6.07, 6.45) is 1.51. The molecular weight excluding hydrogens is 186 g/mol. The Balaban J connectivity index is 2.14. The maximum absolute atomic E-state index is 9.04. The van der Waals surface area contributed by atoms with Gasteiger partial charge in [0.15, 0.2) is 11.4 Å². The van der Waals surface area contributed by atoms with Crippen molar-refractivity contribution in [1.29, 1.82) is 0 Å². The molecule has 0 amide bonds. The van der Waals surface area contributed by atoms with Gasteiger partial charge in [0.25, 0.3) is 5.90 Å². The first kappa shape index (κ1) is 9.23. The molecule has 1 aromatic heterocycles. The summed E-state index contributed by atoms with van der Waals surface area (Å²) in [5.74, 6) is 0.840. The van der Waals surface area contributed by atoms with Gasteiger partial charge in [0, 0.05) is 0 Å². The third-order valence-corrected chi connectivity index (χ3v) is 2.13. The Labute approximate surface area is 80.6 Å². The smallest absolute Gasteiger partial charge is 0.253 e. The fourth-order valence-electron chi connectivity index (χ4n) is 1.23. The van der Waals surface area contributed by atoms with Crippen LogP contribution in [0.1, 0.15) is 5.76 Å². The van der Waals surface area contributed by atoms with Crippen LogP contribution in [0.25, 0.3) is 0 Å². The van der Waals surface area contributed by atoms with E-state index in [-0.39, 0.29) is 19.8 Å². The van der Waals surface area contributed by atoms with Crippen molar-refractivity contribution in [1.82, 2.24) is 0 Å². The van der Waals surface area contributed by atoms with E-state index >= 15 is 0 Å². The largest absolute Gasteiger partial charge is 0.462 e. The van der Waals surface area contributed by atoms with Gasteiger partial charge in [-0.2, -0.15) is 0 Å². The van der Waals surface area contributed by atoms with Crippen LogP contribution in [0.4, 0.5) is 0 Å². The third-order valence-electron chi connectivity index (χ3n) is 2.13. The van der Waals surface area contributed by atoms with Gasteiger partial charge in [-0.15, -0.1) is 0 Å². The van der Waals surface area contributed by atoms with Gasteiger partial charge in [0.1, 0.15) is 0 Å². The van der Waals surface area contributed by atoms with E-state index in [4.69, 9.17) is 19.4 Å². The van der Waals surface area contributed by atoms with E-state index in [0.29, 0.717) is 11.7 Å². The van der Waals surface area contributed by atoms with Gasteiger partial charge in [-0.1, -0.05) is 0 Å². The van der Waals surface area contributed by atoms with Crippen LogP contribution in [0.15, 0.2) is 27.8 Å². The average molecular weight is 197 g/mol. The van der Waals surface area contributed by atoms with E-state index in [0.717, 1.165) is 0 Å². The Morgan fingerprint density at radius 3 is 2.71 bits per heavy atom. The number of furan rings is 1. The monoisotopic (exact) mass is 197 g/mol. The van der Waals surface area contributed by atoms with Gasteiger partial charge in [0.2, 0.25) is 0 Å². The molecule has 0 saturated carbocycles. The lowest BCUT2D eigenvalue weighted by molar-refractivity contribution is -0.0219. The molecule has 0 radical (unpaired) electrons. The molecule has 1 aliphatic rings. The summed E-state index contributed by atoms with van der Waals surface area (Å²) in [4.78, 5) is 4.05. The predicted octanol–water partition coefficient (Wildman–Crippen LogP) is -0.220. The number of nitrogens with zero attached hydrogens (tertiary/aromatic N) is 1. The Morgan fingerprint density at radius 2 is 2.21 bits per heavy atom. The first-order valence-corrected chi connectivity index (χ1v) is 4.29. The first-order valence-electron chi connectivity index (χ1n) is 4.29. The number of rotatable bonds is 3. The summed E-state index contributed by atoms with van der Waals surface area (Å²) in [6, 6.07) is 3.43. The van der Waals surface area contributed by atoms with Crippen LogP contribution in [0, 0.1) is 0 Å². The maximum Gasteiger partial charge on any atom is 0.253 e. The zero-order valence-electron chi connectivity index (χ0n) is 7.51. The fourth-order valence-corrected chi connectivity index (χ4v) is 1.23. The summed E-state index contributed by atoms with van der Waals surface area (Å²) in [5.41, 5.74) is -0.984. The molecule has 14 heavy (non-hydrogen) atoms. The lowest BCUT2D eigenvalue weighted by Gasteiger charge is -2.22. The van der Waals surface area contributed by atoms with Crippen molar-refractivity contribution in [3.63, 3.8) is 0 Å². The fraction of sp³-hybridized carbons (Fsp3) is 0.444. The zero-order chi connectivity index (χ0) is 10.0. The van der Waals surface area contributed by atoms with Gasteiger partial charge < -0.3 is 19.4 Å². The molecule has 5 nitrogen and oxygen atoms in total. The molecule has 2 rings (SSSR count). The summed E-state index contributed by atoms with van der Waals surface area (Å²) in [7, 11) is 0. The Kier molecular flexibility index (Phi) is 2.26. The molecule has 0 fully saturated rings. The molecule has 5 heteroatoms. The minimum atomic E-state index is -0.984. The number of aliphatic imine (C=N–C) groups is 1. The number of aliphatic hydroxyl groups excluding tert-OH is 2. The van der Waals surface area contributed by atoms with Gasteiger partial charge >= 0.3 is 0 Å². The topological polar surface area (TPSA) is 75.2 Å². The zero-order valence-corrected chi connectivity index (χ0v) is 7.51. The molecule has 2 N–H and O–H groups in total. The van der Waals surface area contributed by atoms with E-state index in [9.17, 15) is 0 Å². The van der Waals surface area contributed by atoms with Crippen LogP contribution >= 0.6 is 0 Å². The van der Waals surface area contributed by atoms with Gasteiger partial charge in [-0.25, -0.2) is 4.99 Å². The van der Waals surface area contributed by atoms with Gasteiger partial charge in [-0.05, 0) is 12.1 Å². The summed E-state index contributed by atoms with van der Waals surface area (Å²) in [5, 5.41) is 18.1. The highest BCUT2D eigenvalue weighted by Gasteiger charge is 2.38. The van der Waals surface area contributed by atoms with Crippen LogP contribution in [0.5, 0.6) is 0 Å². The van der Waals surface area contributed by atoms with Crippen molar-refractivity contribution in [2.75, 3.05) is 19.8 Å². The van der Waals surface area contributed by atoms with E-state index in [2.05, 4.69) is 4.99 Å². The van der Waals surface area contributed by atoms with Crippen molar-refractivity contribution in [2.45, 2.75) is 5.60 Å². The van der Waals surface area contributed by atoms with Gasteiger partial charge in [-0.3, -0.25) is 0 Å². The van der Waals surface area contributed by atoms with E-state index in [1.807, 2.05) is 0 Å². The molecule has 1 aliphatic heterocycles. The number of hydrogen-bond donors (Lipinski definition) is 2. The highest BCUT2D eigenvalue weighted by atomic mass is 16.5.